The lowest BCUT2D eigenvalue weighted by atomic mass is 10.2. The molecule has 4 nitrogen and oxygen atoms in total. The van der Waals surface area contributed by atoms with Crippen LogP contribution < -0.4 is 4.74 Å². The minimum Gasteiger partial charge on any atom is -0.496 e. The molecule has 1 rings (SSSR count). The van der Waals surface area contributed by atoms with Crippen LogP contribution in [0.3, 0.4) is 0 Å². The Morgan fingerprint density at radius 1 is 1.21 bits per heavy atom. The van der Waals surface area contributed by atoms with Gasteiger partial charge in [-0.2, -0.15) is 0 Å². The Bertz CT molecular complexity index is 403. The van der Waals surface area contributed by atoms with E-state index in [1.807, 2.05) is 31.3 Å². The molecule has 0 fully saturated rings. The van der Waals surface area contributed by atoms with Crippen molar-refractivity contribution in [2.75, 3.05) is 33.8 Å². The highest BCUT2D eigenvalue weighted by atomic mass is 16.5. The zero-order chi connectivity index (χ0) is 14.3. The molecule has 106 valence electrons. The van der Waals surface area contributed by atoms with Crippen molar-refractivity contribution in [3.8, 4) is 5.75 Å². The zero-order valence-corrected chi connectivity index (χ0v) is 12.3. The third kappa shape index (κ3) is 4.56. The van der Waals surface area contributed by atoms with Gasteiger partial charge in [-0.05, 0) is 19.2 Å². The van der Waals surface area contributed by atoms with E-state index in [0.29, 0.717) is 13.1 Å². The number of hydrogen-bond acceptors (Lipinski definition) is 3. The van der Waals surface area contributed by atoms with Crippen LogP contribution in [0.4, 0.5) is 0 Å². The third-order valence-electron chi connectivity index (χ3n) is 3.28. The van der Waals surface area contributed by atoms with Crippen LogP contribution >= 0.6 is 0 Å². The Morgan fingerprint density at radius 2 is 1.84 bits per heavy atom. The second kappa shape index (κ2) is 7.79. The van der Waals surface area contributed by atoms with Gasteiger partial charge in [0.2, 0.25) is 5.91 Å². The number of hydrogen-bond donors (Lipinski definition) is 0. The topological polar surface area (TPSA) is 32.8 Å². The fourth-order valence-corrected chi connectivity index (χ4v) is 1.94. The van der Waals surface area contributed by atoms with E-state index in [1.165, 1.54) is 0 Å². The predicted molar refractivity (Wildman–Crippen MR) is 77.3 cm³/mol. The van der Waals surface area contributed by atoms with Gasteiger partial charge in [0.15, 0.2) is 0 Å². The van der Waals surface area contributed by atoms with Gasteiger partial charge >= 0.3 is 0 Å². The van der Waals surface area contributed by atoms with Gasteiger partial charge in [-0.1, -0.05) is 32.0 Å². The van der Waals surface area contributed by atoms with Crippen molar-refractivity contribution < 1.29 is 9.53 Å². The van der Waals surface area contributed by atoms with Gasteiger partial charge in [0.05, 0.1) is 13.7 Å². The van der Waals surface area contributed by atoms with Crippen molar-refractivity contribution >= 4 is 5.91 Å². The highest BCUT2D eigenvalue weighted by Gasteiger charge is 2.14. The van der Waals surface area contributed by atoms with Crippen LogP contribution in [0.1, 0.15) is 19.4 Å². The van der Waals surface area contributed by atoms with Crippen molar-refractivity contribution in [2.45, 2.75) is 20.4 Å². The summed E-state index contributed by atoms with van der Waals surface area (Å²) >= 11 is 0. The molecular formula is C15H24N2O2. The molecule has 0 aliphatic rings. The molecule has 0 atom stereocenters. The molecule has 0 saturated heterocycles. The number of methoxy groups -OCH3 is 1. The van der Waals surface area contributed by atoms with E-state index in [0.717, 1.165) is 24.4 Å². The number of likely N-dealkylation sites (N-methyl/N-ethyl adjacent to an activating group) is 2. The Balaban J connectivity index is 2.63. The molecule has 0 radical (unpaired) electrons. The summed E-state index contributed by atoms with van der Waals surface area (Å²) in [6, 6.07) is 7.79. The summed E-state index contributed by atoms with van der Waals surface area (Å²) in [4.78, 5) is 16.0. The van der Waals surface area contributed by atoms with E-state index in [-0.39, 0.29) is 5.91 Å². The number of carbonyl (C=O) groups is 1. The molecule has 0 aliphatic heterocycles. The van der Waals surface area contributed by atoms with Gasteiger partial charge in [0, 0.05) is 19.2 Å². The minimum atomic E-state index is 0.134. The molecule has 0 saturated carbocycles. The molecule has 4 heteroatoms. The Labute approximate surface area is 116 Å². The largest absolute Gasteiger partial charge is 0.496 e. The standard InChI is InChI=1S/C15H24N2O2/c1-5-17(6-2)12-15(18)16(3)11-13-9-7-8-10-14(13)19-4/h7-10H,5-6,11-12H2,1-4H3. The van der Waals surface area contributed by atoms with E-state index < -0.39 is 0 Å². The van der Waals surface area contributed by atoms with Crippen LogP contribution in [0.5, 0.6) is 5.75 Å². The summed E-state index contributed by atoms with van der Waals surface area (Å²) in [5.41, 5.74) is 1.03. The molecule has 0 heterocycles. The first-order valence-corrected chi connectivity index (χ1v) is 6.70. The number of para-hydroxylation sites is 1. The lowest BCUT2D eigenvalue weighted by Crippen LogP contribution is -2.38. The van der Waals surface area contributed by atoms with E-state index in [2.05, 4.69) is 18.7 Å². The lowest BCUT2D eigenvalue weighted by molar-refractivity contribution is -0.131. The molecule has 0 spiro atoms. The van der Waals surface area contributed by atoms with Crippen LogP contribution in [0, 0.1) is 0 Å². The fraction of sp³-hybridized carbons (Fsp3) is 0.533. The molecule has 1 amide bonds. The number of benzene rings is 1. The summed E-state index contributed by atoms with van der Waals surface area (Å²) in [5.74, 6) is 0.958. The van der Waals surface area contributed by atoms with Crippen molar-refractivity contribution in [1.29, 1.82) is 0 Å². The van der Waals surface area contributed by atoms with Crippen molar-refractivity contribution in [2.24, 2.45) is 0 Å². The molecule has 19 heavy (non-hydrogen) atoms. The molecule has 0 unspecified atom stereocenters. The lowest BCUT2D eigenvalue weighted by Gasteiger charge is -2.23. The molecule has 0 aliphatic carbocycles. The monoisotopic (exact) mass is 264 g/mol. The number of rotatable bonds is 7. The van der Waals surface area contributed by atoms with Gasteiger partial charge in [-0.25, -0.2) is 0 Å². The third-order valence-corrected chi connectivity index (χ3v) is 3.28. The molecule has 1 aromatic carbocycles. The summed E-state index contributed by atoms with van der Waals surface area (Å²) in [6.07, 6.45) is 0. The first-order chi connectivity index (χ1) is 9.12. The molecule has 0 N–H and O–H groups in total. The minimum absolute atomic E-state index is 0.134. The Morgan fingerprint density at radius 3 is 2.42 bits per heavy atom. The maximum Gasteiger partial charge on any atom is 0.236 e. The predicted octanol–water partition coefficient (Wildman–Crippen LogP) is 2.00. The number of nitrogens with zero attached hydrogens (tertiary/aromatic N) is 2. The van der Waals surface area contributed by atoms with Gasteiger partial charge < -0.3 is 9.64 Å². The molecule has 1 aromatic rings. The molecular weight excluding hydrogens is 240 g/mol. The quantitative estimate of drug-likeness (QED) is 0.755. The SMILES string of the molecule is CCN(CC)CC(=O)N(C)Cc1ccccc1OC. The van der Waals surface area contributed by atoms with Crippen LogP contribution in [0.25, 0.3) is 0 Å². The van der Waals surface area contributed by atoms with Gasteiger partial charge in [-0.15, -0.1) is 0 Å². The van der Waals surface area contributed by atoms with Gasteiger partial charge in [0.25, 0.3) is 0 Å². The Hall–Kier alpha value is -1.55. The van der Waals surface area contributed by atoms with Crippen molar-refractivity contribution in [3.63, 3.8) is 0 Å². The van der Waals surface area contributed by atoms with Crippen molar-refractivity contribution in [1.82, 2.24) is 9.80 Å². The number of ether oxygens (including phenoxy) is 1. The van der Waals surface area contributed by atoms with E-state index in [9.17, 15) is 4.79 Å². The Kier molecular flexibility index (Phi) is 6.36. The average molecular weight is 264 g/mol. The van der Waals surface area contributed by atoms with Crippen LogP contribution in [0.2, 0.25) is 0 Å². The molecule has 0 aromatic heterocycles. The van der Waals surface area contributed by atoms with Gasteiger partial charge in [0.1, 0.15) is 5.75 Å². The first kappa shape index (κ1) is 15.5. The maximum absolute atomic E-state index is 12.1. The van der Waals surface area contributed by atoms with Crippen LogP contribution in [0.15, 0.2) is 24.3 Å². The summed E-state index contributed by atoms with van der Waals surface area (Å²) in [7, 11) is 3.48. The van der Waals surface area contributed by atoms with Crippen LogP contribution in [-0.2, 0) is 11.3 Å². The summed E-state index contributed by atoms with van der Waals surface area (Å²) < 4.78 is 5.30. The van der Waals surface area contributed by atoms with E-state index in [1.54, 1.807) is 12.0 Å². The smallest absolute Gasteiger partial charge is 0.236 e. The zero-order valence-electron chi connectivity index (χ0n) is 12.3. The second-order valence-corrected chi connectivity index (χ2v) is 4.52. The average Bonchev–Trinajstić information content (AvgIpc) is 2.44. The van der Waals surface area contributed by atoms with Crippen molar-refractivity contribution in [3.05, 3.63) is 29.8 Å². The summed E-state index contributed by atoms with van der Waals surface area (Å²) in [6.45, 7) is 6.96. The van der Waals surface area contributed by atoms with E-state index >= 15 is 0 Å². The highest BCUT2D eigenvalue weighted by molar-refractivity contribution is 5.78. The van der Waals surface area contributed by atoms with E-state index in [4.69, 9.17) is 4.74 Å². The molecule has 0 bridgehead atoms. The highest BCUT2D eigenvalue weighted by Crippen LogP contribution is 2.18. The van der Waals surface area contributed by atoms with Gasteiger partial charge in [-0.3, -0.25) is 9.69 Å². The number of amides is 1. The summed E-state index contributed by atoms with van der Waals surface area (Å²) in [5, 5.41) is 0. The normalized spacial score (nSPS) is 10.6. The van der Waals surface area contributed by atoms with Crippen LogP contribution in [-0.4, -0.2) is 49.5 Å². The maximum atomic E-state index is 12.1. The second-order valence-electron chi connectivity index (χ2n) is 4.52. The number of carbonyl (C=O) groups excluding carboxylic acids is 1. The fourth-order valence-electron chi connectivity index (χ4n) is 1.94. The first-order valence-electron chi connectivity index (χ1n) is 6.70.